The number of isocyanates is 1. The molecule has 0 aliphatic carbocycles. The highest BCUT2D eigenvalue weighted by Gasteiger charge is 2.16. The molecule has 3 nitrogen and oxygen atoms in total. The molecule has 0 N–H and O–H groups in total. The van der Waals surface area contributed by atoms with Crippen LogP contribution in [0.2, 0.25) is 0 Å². The van der Waals surface area contributed by atoms with Gasteiger partial charge in [-0.25, -0.2) is 4.79 Å². The fourth-order valence-electron chi connectivity index (χ4n) is 2.14. The molecule has 132 valence electrons. The molecule has 26 heavy (non-hydrogen) atoms. The van der Waals surface area contributed by atoms with Gasteiger partial charge < -0.3 is 4.90 Å². The largest absolute Gasteiger partial charge is 0.311 e. The molecule has 0 fully saturated rings. The van der Waals surface area contributed by atoms with Crippen LogP contribution in [0.5, 0.6) is 0 Å². The number of rotatable bonds is 9. The molecular weight excluding hydrogens is 320 g/mol. The van der Waals surface area contributed by atoms with Crippen molar-refractivity contribution in [2.45, 2.75) is 13.8 Å². The van der Waals surface area contributed by atoms with Gasteiger partial charge in [0, 0.05) is 17.1 Å². The first-order valence-electron chi connectivity index (χ1n) is 8.10. The number of benzene rings is 1. The van der Waals surface area contributed by atoms with E-state index in [1.807, 2.05) is 55.2 Å². The first-order chi connectivity index (χ1) is 12.5. The number of anilines is 1. The molecule has 1 aromatic carbocycles. The van der Waals surface area contributed by atoms with Gasteiger partial charge in [-0.1, -0.05) is 62.8 Å². The highest BCUT2D eigenvalue weighted by atomic mass is 16.1. The van der Waals surface area contributed by atoms with Crippen LogP contribution < -0.4 is 4.90 Å². The maximum atomic E-state index is 10.4. The number of aliphatic imine (C=N–C) groups is 1. The van der Waals surface area contributed by atoms with Gasteiger partial charge in [-0.2, -0.15) is 4.99 Å². The quantitative estimate of drug-likeness (QED) is 0.299. The van der Waals surface area contributed by atoms with Crippen LogP contribution in [0.25, 0.3) is 0 Å². The molecule has 1 aromatic rings. The predicted molar refractivity (Wildman–Crippen MR) is 112 cm³/mol. The third kappa shape index (κ3) is 5.59. The molecule has 3 heteroatoms. The third-order valence-corrected chi connectivity index (χ3v) is 3.62. The van der Waals surface area contributed by atoms with Crippen LogP contribution in [0, 0.1) is 0 Å². The maximum Gasteiger partial charge on any atom is 0.240 e. The van der Waals surface area contributed by atoms with Crippen molar-refractivity contribution in [2.75, 3.05) is 4.90 Å². The standard InChI is InChI=1S/C23H24N2O/c1-7-9-11-18(3)20(5)25(21(6)19(4)12-10-8-2)23-15-13-22(14-16-23)24-17-26/h7-16H,1,3,5-6H2,2,4H3/b10-8-,11-9-,19-12+. The van der Waals surface area contributed by atoms with Crippen LogP contribution >= 0.6 is 0 Å². The molecule has 0 amide bonds. The molecular formula is C23H24N2O. The number of nitrogens with zero attached hydrogens (tertiary/aromatic N) is 2. The Bertz CT molecular complexity index is 829. The Labute approximate surface area is 156 Å². The Kier molecular flexibility index (Phi) is 8.29. The monoisotopic (exact) mass is 344 g/mol. The van der Waals surface area contributed by atoms with Crippen molar-refractivity contribution in [2.24, 2.45) is 4.99 Å². The lowest BCUT2D eigenvalue weighted by atomic mass is 10.1. The minimum Gasteiger partial charge on any atom is -0.311 e. The lowest BCUT2D eigenvalue weighted by molar-refractivity contribution is 0.565. The van der Waals surface area contributed by atoms with E-state index in [0.29, 0.717) is 11.4 Å². The second-order valence-electron chi connectivity index (χ2n) is 5.44. The highest BCUT2D eigenvalue weighted by molar-refractivity contribution is 5.67. The number of hydrogen-bond donors (Lipinski definition) is 0. The summed E-state index contributed by atoms with van der Waals surface area (Å²) in [4.78, 5) is 16.0. The van der Waals surface area contributed by atoms with Crippen molar-refractivity contribution in [3.63, 3.8) is 0 Å². The van der Waals surface area contributed by atoms with Crippen LogP contribution in [0.4, 0.5) is 11.4 Å². The molecule has 0 saturated heterocycles. The smallest absolute Gasteiger partial charge is 0.240 e. The van der Waals surface area contributed by atoms with Crippen molar-refractivity contribution in [3.05, 3.63) is 110 Å². The van der Waals surface area contributed by atoms with Crippen LogP contribution in [0.1, 0.15) is 13.8 Å². The van der Waals surface area contributed by atoms with Crippen LogP contribution in [0.3, 0.4) is 0 Å². The van der Waals surface area contributed by atoms with Crippen molar-refractivity contribution in [1.29, 1.82) is 0 Å². The molecule has 0 aliphatic rings. The van der Waals surface area contributed by atoms with Gasteiger partial charge >= 0.3 is 0 Å². The second-order valence-corrected chi connectivity index (χ2v) is 5.44. The fourth-order valence-corrected chi connectivity index (χ4v) is 2.14. The average molecular weight is 344 g/mol. The topological polar surface area (TPSA) is 32.7 Å². The SMILES string of the molecule is C=C/C=C\C(=C)C(=C)N(C(=C)/C(C)=C/C=C\C)c1ccc(N=C=O)cc1. The van der Waals surface area contributed by atoms with Crippen molar-refractivity contribution >= 4 is 17.5 Å². The van der Waals surface area contributed by atoms with Gasteiger partial charge in [0.25, 0.3) is 0 Å². The summed E-state index contributed by atoms with van der Waals surface area (Å²) < 4.78 is 0. The van der Waals surface area contributed by atoms with E-state index >= 15 is 0 Å². The molecule has 0 aromatic heterocycles. The minimum absolute atomic E-state index is 0.534. The van der Waals surface area contributed by atoms with Crippen molar-refractivity contribution in [3.8, 4) is 0 Å². The normalized spacial score (nSPS) is 11.2. The molecule has 1 rings (SSSR count). The predicted octanol–water partition coefficient (Wildman–Crippen LogP) is 6.31. The average Bonchev–Trinajstić information content (AvgIpc) is 2.65. The Balaban J connectivity index is 3.36. The summed E-state index contributed by atoms with van der Waals surface area (Å²) in [6.07, 6.45) is 12.8. The van der Waals surface area contributed by atoms with E-state index in [4.69, 9.17) is 0 Å². The van der Waals surface area contributed by atoms with E-state index in [1.165, 1.54) is 6.08 Å². The van der Waals surface area contributed by atoms with Crippen molar-refractivity contribution < 1.29 is 4.79 Å². The van der Waals surface area contributed by atoms with Crippen LogP contribution in [0.15, 0.2) is 115 Å². The van der Waals surface area contributed by atoms with Crippen molar-refractivity contribution in [1.82, 2.24) is 0 Å². The minimum atomic E-state index is 0.534. The maximum absolute atomic E-state index is 10.4. The van der Waals surface area contributed by atoms with Gasteiger partial charge in [-0.05, 0) is 49.3 Å². The zero-order chi connectivity index (χ0) is 19.5. The third-order valence-electron chi connectivity index (χ3n) is 3.62. The second kappa shape index (κ2) is 10.4. The Morgan fingerprint density at radius 3 is 2.31 bits per heavy atom. The lowest BCUT2D eigenvalue weighted by Gasteiger charge is -2.29. The summed E-state index contributed by atoms with van der Waals surface area (Å²) in [6.45, 7) is 20.1. The summed E-state index contributed by atoms with van der Waals surface area (Å²) in [6, 6.07) is 7.17. The number of hydrogen-bond acceptors (Lipinski definition) is 3. The molecule has 0 aliphatic heterocycles. The van der Waals surface area contributed by atoms with Gasteiger partial charge in [0.1, 0.15) is 0 Å². The zero-order valence-electron chi connectivity index (χ0n) is 15.4. The first kappa shape index (κ1) is 20.6. The summed E-state index contributed by atoms with van der Waals surface area (Å²) in [5, 5.41) is 0. The van der Waals surface area contributed by atoms with Gasteiger partial charge in [-0.3, -0.25) is 0 Å². The molecule has 0 atom stereocenters. The van der Waals surface area contributed by atoms with Crippen LogP contribution in [-0.4, -0.2) is 6.08 Å². The Morgan fingerprint density at radius 1 is 1.12 bits per heavy atom. The van der Waals surface area contributed by atoms with E-state index in [1.54, 1.807) is 24.3 Å². The van der Waals surface area contributed by atoms with E-state index in [0.717, 1.165) is 22.5 Å². The van der Waals surface area contributed by atoms with E-state index < -0.39 is 0 Å². The molecule has 0 unspecified atom stereocenters. The summed E-state index contributed by atoms with van der Waals surface area (Å²) in [7, 11) is 0. The summed E-state index contributed by atoms with van der Waals surface area (Å²) in [5.41, 5.74) is 4.55. The molecule has 0 spiro atoms. The Morgan fingerprint density at radius 2 is 1.77 bits per heavy atom. The molecule has 0 heterocycles. The highest BCUT2D eigenvalue weighted by Crippen LogP contribution is 2.31. The van der Waals surface area contributed by atoms with Gasteiger partial charge in [0.05, 0.1) is 5.69 Å². The summed E-state index contributed by atoms with van der Waals surface area (Å²) in [5.74, 6) is 0. The molecule has 0 saturated carbocycles. The number of carbonyl (C=O) groups excluding carboxylic acids is 1. The molecule has 0 bridgehead atoms. The Hall–Kier alpha value is -3.42. The van der Waals surface area contributed by atoms with Crippen LogP contribution in [-0.2, 0) is 4.79 Å². The van der Waals surface area contributed by atoms with E-state index in [-0.39, 0.29) is 0 Å². The molecule has 0 radical (unpaired) electrons. The van der Waals surface area contributed by atoms with Gasteiger partial charge in [0.2, 0.25) is 6.08 Å². The first-order valence-corrected chi connectivity index (χ1v) is 8.10. The fraction of sp³-hybridized carbons (Fsp3) is 0.0870. The van der Waals surface area contributed by atoms with E-state index in [2.05, 4.69) is 31.3 Å². The van der Waals surface area contributed by atoms with Gasteiger partial charge in [0.15, 0.2) is 0 Å². The van der Waals surface area contributed by atoms with E-state index in [9.17, 15) is 4.79 Å². The zero-order valence-corrected chi connectivity index (χ0v) is 15.4. The lowest BCUT2D eigenvalue weighted by Crippen LogP contribution is -2.22. The number of allylic oxidation sites excluding steroid dienone is 7. The van der Waals surface area contributed by atoms with Gasteiger partial charge in [-0.15, -0.1) is 0 Å². The summed E-state index contributed by atoms with van der Waals surface area (Å²) >= 11 is 0.